The van der Waals surface area contributed by atoms with E-state index in [1.54, 1.807) is 24.3 Å². The van der Waals surface area contributed by atoms with Crippen LogP contribution in [-0.2, 0) is 9.47 Å². The highest BCUT2D eigenvalue weighted by Crippen LogP contribution is 2.25. The lowest BCUT2D eigenvalue weighted by Gasteiger charge is -2.19. The molecule has 1 heterocycles. The average Bonchev–Trinajstić information content (AvgIpc) is 2.54. The Kier molecular flexibility index (Phi) is 5.75. The van der Waals surface area contributed by atoms with Gasteiger partial charge in [-0.1, -0.05) is 24.3 Å². The summed E-state index contributed by atoms with van der Waals surface area (Å²) in [6, 6.07) is 9.84. The Labute approximate surface area is 128 Å². The van der Waals surface area contributed by atoms with Crippen molar-refractivity contribution in [1.82, 2.24) is 4.98 Å². The Bertz CT molecular complexity index is 639. The van der Waals surface area contributed by atoms with Crippen LogP contribution in [-0.4, -0.2) is 24.0 Å². The summed E-state index contributed by atoms with van der Waals surface area (Å²) in [5.74, 6) is -1.22. The van der Waals surface area contributed by atoms with Crippen molar-refractivity contribution in [3.8, 4) is 0 Å². The molecule has 1 aromatic heterocycles. The standard InChI is InChI=1S/C17H18FNO3/c1-3-21-17(22-4-2)13-9-6-5-8-12(13)15(20)14-10-7-11-19-16(14)18/h5-11,17H,3-4H2,1-2H3. The number of rotatable bonds is 7. The quantitative estimate of drug-likeness (QED) is 0.446. The average molecular weight is 303 g/mol. The van der Waals surface area contributed by atoms with Crippen molar-refractivity contribution in [2.75, 3.05) is 13.2 Å². The molecule has 0 N–H and O–H groups in total. The van der Waals surface area contributed by atoms with E-state index < -0.39 is 18.0 Å². The highest BCUT2D eigenvalue weighted by Gasteiger charge is 2.22. The van der Waals surface area contributed by atoms with Crippen LogP contribution in [0.2, 0.25) is 0 Å². The van der Waals surface area contributed by atoms with Gasteiger partial charge in [-0.2, -0.15) is 4.39 Å². The lowest BCUT2D eigenvalue weighted by molar-refractivity contribution is -0.140. The van der Waals surface area contributed by atoms with E-state index in [2.05, 4.69) is 4.98 Å². The number of carbonyl (C=O) groups is 1. The number of hydrogen-bond donors (Lipinski definition) is 0. The van der Waals surface area contributed by atoms with Crippen LogP contribution in [0.5, 0.6) is 0 Å². The van der Waals surface area contributed by atoms with Crippen LogP contribution >= 0.6 is 0 Å². The number of carbonyl (C=O) groups excluding carboxylic acids is 1. The van der Waals surface area contributed by atoms with Gasteiger partial charge in [0.1, 0.15) is 0 Å². The van der Waals surface area contributed by atoms with E-state index >= 15 is 0 Å². The Balaban J connectivity index is 2.43. The van der Waals surface area contributed by atoms with Crippen LogP contribution in [0.1, 0.15) is 41.6 Å². The van der Waals surface area contributed by atoms with E-state index in [0.717, 1.165) is 0 Å². The zero-order valence-corrected chi connectivity index (χ0v) is 12.6. The molecule has 4 nitrogen and oxygen atoms in total. The maximum atomic E-state index is 13.8. The fourth-order valence-electron chi connectivity index (χ4n) is 2.14. The molecular formula is C17H18FNO3. The molecule has 0 aliphatic rings. The molecule has 0 unspecified atom stereocenters. The van der Waals surface area contributed by atoms with Gasteiger partial charge in [0.05, 0.1) is 5.56 Å². The van der Waals surface area contributed by atoms with Gasteiger partial charge < -0.3 is 9.47 Å². The molecule has 1 aromatic carbocycles. The van der Waals surface area contributed by atoms with Gasteiger partial charge in [-0.25, -0.2) is 4.98 Å². The fourth-order valence-corrected chi connectivity index (χ4v) is 2.14. The highest BCUT2D eigenvalue weighted by atomic mass is 19.1. The molecular weight excluding hydrogens is 285 g/mol. The number of halogens is 1. The number of aromatic nitrogens is 1. The van der Waals surface area contributed by atoms with Crippen molar-refractivity contribution < 1.29 is 18.7 Å². The first-order valence-electron chi connectivity index (χ1n) is 7.16. The zero-order chi connectivity index (χ0) is 15.9. The van der Waals surface area contributed by atoms with Crippen LogP contribution in [0, 0.1) is 5.95 Å². The summed E-state index contributed by atoms with van der Waals surface area (Å²) >= 11 is 0. The Morgan fingerprint density at radius 3 is 2.36 bits per heavy atom. The van der Waals surface area contributed by atoms with E-state index in [9.17, 15) is 9.18 Å². The highest BCUT2D eigenvalue weighted by molar-refractivity contribution is 6.09. The third kappa shape index (κ3) is 3.55. The molecule has 5 heteroatoms. The number of benzene rings is 1. The number of ketones is 1. The van der Waals surface area contributed by atoms with Crippen molar-refractivity contribution in [3.63, 3.8) is 0 Å². The van der Waals surface area contributed by atoms with Crippen LogP contribution < -0.4 is 0 Å². The lowest BCUT2D eigenvalue weighted by atomic mass is 9.98. The molecule has 0 saturated carbocycles. The number of hydrogen-bond acceptors (Lipinski definition) is 4. The predicted octanol–water partition coefficient (Wildman–Crippen LogP) is 3.52. The molecule has 0 fully saturated rings. The van der Waals surface area contributed by atoms with Gasteiger partial charge >= 0.3 is 0 Å². The zero-order valence-electron chi connectivity index (χ0n) is 12.6. The first kappa shape index (κ1) is 16.3. The summed E-state index contributed by atoms with van der Waals surface area (Å²) < 4.78 is 24.8. The fraction of sp³-hybridized carbons (Fsp3) is 0.294. The summed E-state index contributed by atoms with van der Waals surface area (Å²) in [6.07, 6.45) is 0.649. The summed E-state index contributed by atoms with van der Waals surface area (Å²) in [5.41, 5.74) is 0.863. The number of ether oxygens (including phenoxy) is 2. The molecule has 2 rings (SSSR count). The summed E-state index contributed by atoms with van der Waals surface area (Å²) in [5, 5.41) is 0. The minimum absolute atomic E-state index is 0.0679. The predicted molar refractivity (Wildman–Crippen MR) is 80.1 cm³/mol. The summed E-state index contributed by atoms with van der Waals surface area (Å²) in [7, 11) is 0. The molecule has 0 spiro atoms. The molecule has 0 amide bonds. The first-order valence-corrected chi connectivity index (χ1v) is 7.16. The van der Waals surface area contributed by atoms with Crippen LogP contribution in [0.3, 0.4) is 0 Å². The van der Waals surface area contributed by atoms with E-state index in [0.29, 0.717) is 24.3 Å². The Morgan fingerprint density at radius 1 is 1.09 bits per heavy atom. The topological polar surface area (TPSA) is 48.4 Å². The van der Waals surface area contributed by atoms with Gasteiger partial charge in [0.2, 0.25) is 5.95 Å². The summed E-state index contributed by atoms with van der Waals surface area (Å²) in [4.78, 5) is 16.1. The van der Waals surface area contributed by atoms with Crippen LogP contribution in [0.15, 0.2) is 42.6 Å². The minimum atomic E-state index is -0.785. The maximum absolute atomic E-state index is 13.8. The number of pyridine rings is 1. The van der Waals surface area contributed by atoms with Crippen LogP contribution in [0.25, 0.3) is 0 Å². The van der Waals surface area contributed by atoms with Crippen LogP contribution in [0.4, 0.5) is 4.39 Å². The molecule has 0 aliphatic heterocycles. The Hall–Kier alpha value is -2.11. The summed E-state index contributed by atoms with van der Waals surface area (Å²) in [6.45, 7) is 4.57. The van der Waals surface area contributed by atoms with Gasteiger partial charge in [0, 0.05) is 30.5 Å². The lowest BCUT2D eigenvalue weighted by Crippen LogP contribution is -2.15. The van der Waals surface area contributed by atoms with E-state index in [1.807, 2.05) is 13.8 Å². The van der Waals surface area contributed by atoms with Gasteiger partial charge in [0.25, 0.3) is 0 Å². The second-order valence-corrected chi connectivity index (χ2v) is 4.50. The van der Waals surface area contributed by atoms with Gasteiger partial charge in [-0.05, 0) is 26.0 Å². The minimum Gasteiger partial charge on any atom is -0.349 e. The molecule has 0 saturated heterocycles. The largest absolute Gasteiger partial charge is 0.349 e. The molecule has 116 valence electrons. The first-order chi connectivity index (χ1) is 10.7. The third-order valence-electron chi connectivity index (χ3n) is 3.10. The van der Waals surface area contributed by atoms with Crippen molar-refractivity contribution in [3.05, 3.63) is 65.2 Å². The molecule has 2 aromatic rings. The van der Waals surface area contributed by atoms with Crippen molar-refractivity contribution in [2.24, 2.45) is 0 Å². The maximum Gasteiger partial charge on any atom is 0.224 e. The second kappa shape index (κ2) is 7.77. The number of nitrogens with zero attached hydrogens (tertiary/aromatic N) is 1. The van der Waals surface area contributed by atoms with Crippen molar-refractivity contribution in [2.45, 2.75) is 20.1 Å². The normalized spacial score (nSPS) is 10.9. The molecule has 0 aliphatic carbocycles. The SMILES string of the molecule is CCOC(OCC)c1ccccc1C(=O)c1cccnc1F. The Morgan fingerprint density at radius 2 is 1.73 bits per heavy atom. The molecule has 0 radical (unpaired) electrons. The monoisotopic (exact) mass is 303 g/mol. The van der Waals surface area contributed by atoms with E-state index in [-0.39, 0.29) is 5.56 Å². The second-order valence-electron chi connectivity index (χ2n) is 4.50. The van der Waals surface area contributed by atoms with Gasteiger partial charge in [-0.15, -0.1) is 0 Å². The van der Waals surface area contributed by atoms with Gasteiger partial charge in [-0.3, -0.25) is 4.79 Å². The molecule has 0 atom stereocenters. The van der Waals surface area contributed by atoms with E-state index in [1.165, 1.54) is 18.3 Å². The molecule has 22 heavy (non-hydrogen) atoms. The van der Waals surface area contributed by atoms with Crippen molar-refractivity contribution >= 4 is 5.78 Å². The van der Waals surface area contributed by atoms with Gasteiger partial charge in [0.15, 0.2) is 12.1 Å². The van der Waals surface area contributed by atoms with Crippen molar-refractivity contribution in [1.29, 1.82) is 0 Å². The van der Waals surface area contributed by atoms with E-state index in [4.69, 9.17) is 9.47 Å². The third-order valence-corrected chi connectivity index (χ3v) is 3.10. The smallest absolute Gasteiger partial charge is 0.224 e. The molecule has 0 bridgehead atoms.